The molecular formula is C15H17N3O2. The van der Waals surface area contributed by atoms with Crippen LogP contribution in [0.15, 0.2) is 10.7 Å². The number of carbonyl (C=O) groups is 1. The van der Waals surface area contributed by atoms with Gasteiger partial charge in [-0.1, -0.05) is 0 Å². The fraction of sp³-hybridized carbons (Fsp3) is 0.533. The van der Waals surface area contributed by atoms with Gasteiger partial charge in [0.1, 0.15) is 17.9 Å². The Kier molecular flexibility index (Phi) is 2.40. The Morgan fingerprint density at radius 1 is 1.35 bits per heavy atom. The summed E-state index contributed by atoms with van der Waals surface area (Å²) in [6.45, 7) is 3.86. The van der Waals surface area contributed by atoms with Crippen LogP contribution in [-0.4, -0.2) is 15.9 Å². The summed E-state index contributed by atoms with van der Waals surface area (Å²) in [6.07, 6.45) is 5.07. The number of anilines is 1. The van der Waals surface area contributed by atoms with E-state index in [1.54, 1.807) is 0 Å². The monoisotopic (exact) mass is 271 g/mol. The van der Waals surface area contributed by atoms with Gasteiger partial charge in [0.25, 0.3) is 0 Å². The van der Waals surface area contributed by atoms with Crippen LogP contribution in [0, 0.1) is 31.6 Å². The first-order valence-electron chi connectivity index (χ1n) is 7.16. The molecule has 2 aliphatic rings. The topological polar surface area (TPSA) is 68.0 Å². The highest BCUT2D eigenvalue weighted by Crippen LogP contribution is 2.54. The van der Waals surface area contributed by atoms with E-state index in [4.69, 9.17) is 4.42 Å². The summed E-state index contributed by atoms with van der Waals surface area (Å²) in [7, 11) is 0. The Labute approximate surface area is 116 Å². The van der Waals surface area contributed by atoms with Crippen molar-refractivity contribution < 1.29 is 9.21 Å². The third-order valence-electron chi connectivity index (χ3n) is 4.61. The van der Waals surface area contributed by atoms with E-state index in [-0.39, 0.29) is 11.8 Å². The number of hydrogen-bond donors (Lipinski definition) is 1. The molecule has 5 heteroatoms. The van der Waals surface area contributed by atoms with Gasteiger partial charge in [-0.2, -0.15) is 0 Å². The number of amides is 1. The van der Waals surface area contributed by atoms with Crippen molar-refractivity contribution in [3.05, 3.63) is 17.7 Å². The molecular weight excluding hydrogens is 254 g/mol. The van der Waals surface area contributed by atoms with E-state index in [0.29, 0.717) is 17.4 Å². The quantitative estimate of drug-likeness (QED) is 0.932. The van der Waals surface area contributed by atoms with Gasteiger partial charge in [0.15, 0.2) is 0 Å². The molecule has 0 aromatic carbocycles. The molecule has 5 nitrogen and oxygen atoms in total. The summed E-state index contributed by atoms with van der Waals surface area (Å²) in [5.74, 6) is 3.09. The Balaban J connectivity index is 1.60. The fourth-order valence-electron chi connectivity index (χ4n) is 3.05. The molecule has 2 saturated carbocycles. The second-order valence-corrected chi connectivity index (χ2v) is 6.02. The molecule has 0 unspecified atom stereocenters. The number of rotatable bonds is 3. The van der Waals surface area contributed by atoms with Crippen LogP contribution in [0.4, 0.5) is 5.82 Å². The van der Waals surface area contributed by atoms with E-state index >= 15 is 0 Å². The summed E-state index contributed by atoms with van der Waals surface area (Å²) >= 11 is 0. The summed E-state index contributed by atoms with van der Waals surface area (Å²) in [6, 6.07) is 0. The smallest absolute Gasteiger partial charge is 0.231 e. The first kappa shape index (κ1) is 11.9. The third kappa shape index (κ3) is 1.80. The van der Waals surface area contributed by atoms with Crippen LogP contribution in [0.3, 0.4) is 0 Å². The first-order chi connectivity index (χ1) is 9.65. The van der Waals surface area contributed by atoms with Gasteiger partial charge in [0.2, 0.25) is 11.6 Å². The van der Waals surface area contributed by atoms with E-state index < -0.39 is 0 Å². The van der Waals surface area contributed by atoms with Gasteiger partial charge in [0.05, 0.1) is 5.39 Å². The standard InChI is InChI=1S/C15H17N3O2/c1-7-8(2)20-15-12(7)13(16-6-17-15)18-14(19)11-5-10(11)9-3-4-9/h6,9-11H,3-5H2,1-2H3,(H,16,17,18,19)/t10-,11+/m0/s1. The van der Waals surface area contributed by atoms with Crippen molar-refractivity contribution in [2.45, 2.75) is 33.1 Å². The van der Waals surface area contributed by atoms with Gasteiger partial charge in [0, 0.05) is 11.5 Å². The molecule has 1 N–H and O–H groups in total. The normalized spacial score (nSPS) is 24.9. The Bertz CT molecular complexity index is 702. The molecule has 0 bridgehead atoms. The predicted molar refractivity (Wildman–Crippen MR) is 74.2 cm³/mol. The average molecular weight is 271 g/mol. The van der Waals surface area contributed by atoms with Crippen molar-refractivity contribution in [1.29, 1.82) is 0 Å². The minimum Gasteiger partial charge on any atom is -0.443 e. The number of fused-ring (bicyclic) bond motifs is 1. The van der Waals surface area contributed by atoms with Crippen LogP contribution >= 0.6 is 0 Å². The van der Waals surface area contributed by atoms with E-state index in [1.165, 1.54) is 19.2 Å². The second kappa shape index (κ2) is 4.04. The molecule has 2 aliphatic carbocycles. The maximum absolute atomic E-state index is 12.3. The summed E-state index contributed by atoms with van der Waals surface area (Å²) in [4.78, 5) is 20.6. The first-order valence-corrected chi connectivity index (χ1v) is 7.16. The van der Waals surface area contributed by atoms with Crippen molar-refractivity contribution in [3.63, 3.8) is 0 Å². The molecule has 2 aromatic rings. The lowest BCUT2D eigenvalue weighted by atomic mass is 10.2. The summed E-state index contributed by atoms with van der Waals surface area (Å²) < 4.78 is 5.56. The Morgan fingerprint density at radius 3 is 2.90 bits per heavy atom. The van der Waals surface area contributed by atoms with E-state index in [9.17, 15) is 4.79 Å². The lowest BCUT2D eigenvalue weighted by molar-refractivity contribution is -0.117. The average Bonchev–Trinajstić information content (AvgIpc) is 3.29. The number of aryl methyl sites for hydroxylation is 2. The molecule has 104 valence electrons. The van der Waals surface area contributed by atoms with Crippen LogP contribution in [-0.2, 0) is 4.79 Å². The summed E-state index contributed by atoms with van der Waals surface area (Å²) in [5.41, 5.74) is 1.53. The van der Waals surface area contributed by atoms with Gasteiger partial charge < -0.3 is 9.73 Å². The fourth-order valence-corrected chi connectivity index (χ4v) is 3.05. The van der Waals surface area contributed by atoms with Crippen molar-refractivity contribution in [2.24, 2.45) is 17.8 Å². The minimum absolute atomic E-state index is 0.0974. The van der Waals surface area contributed by atoms with E-state index in [0.717, 1.165) is 29.0 Å². The van der Waals surface area contributed by atoms with Crippen LogP contribution in [0.2, 0.25) is 0 Å². The van der Waals surface area contributed by atoms with Crippen LogP contribution in [0.25, 0.3) is 11.1 Å². The molecule has 2 atom stereocenters. The molecule has 2 heterocycles. The minimum atomic E-state index is 0.0974. The highest BCUT2D eigenvalue weighted by molar-refractivity contribution is 6.01. The molecule has 2 fully saturated rings. The largest absolute Gasteiger partial charge is 0.443 e. The molecule has 4 rings (SSSR count). The number of nitrogens with zero attached hydrogens (tertiary/aromatic N) is 2. The SMILES string of the molecule is Cc1oc2ncnc(NC(=O)[C@@H]3C[C@H]3C3CC3)c2c1C. The van der Waals surface area contributed by atoms with Crippen molar-refractivity contribution >= 4 is 22.8 Å². The van der Waals surface area contributed by atoms with Gasteiger partial charge in [-0.15, -0.1) is 0 Å². The zero-order valence-corrected chi connectivity index (χ0v) is 11.6. The molecule has 0 radical (unpaired) electrons. The highest BCUT2D eigenvalue weighted by Gasteiger charge is 2.51. The Morgan fingerprint density at radius 2 is 2.15 bits per heavy atom. The van der Waals surface area contributed by atoms with Gasteiger partial charge in [-0.25, -0.2) is 9.97 Å². The molecule has 0 saturated heterocycles. The van der Waals surface area contributed by atoms with Crippen LogP contribution in [0.5, 0.6) is 0 Å². The number of furan rings is 1. The van der Waals surface area contributed by atoms with Gasteiger partial charge >= 0.3 is 0 Å². The number of nitrogens with one attached hydrogen (secondary N) is 1. The third-order valence-corrected chi connectivity index (χ3v) is 4.61. The predicted octanol–water partition coefficient (Wildman–Crippen LogP) is 2.82. The number of carbonyl (C=O) groups excluding carboxylic acids is 1. The van der Waals surface area contributed by atoms with Crippen molar-refractivity contribution in [1.82, 2.24) is 9.97 Å². The van der Waals surface area contributed by atoms with Gasteiger partial charge in [-0.3, -0.25) is 4.79 Å². The molecule has 0 aliphatic heterocycles. The lowest BCUT2D eigenvalue weighted by Gasteiger charge is -2.05. The second-order valence-electron chi connectivity index (χ2n) is 6.02. The number of aromatic nitrogens is 2. The number of hydrogen-bond acceptors (Lipinski definition) is 4. The molecule has 1 amide bonds. The van der Waals surface area contributed by atoms with E-state index in [1.807, 2.05) is 13.8 Å². The molecule has 20 heavy (non-hydrogen) atoms. The Hall–Kier alpha value is -1.91. The van der Waals surface area contributed by atoms with Crippen LogP contribution in [0.1, 0.15) is 30.6 Å². The zero-order chi connectivity index (χ0) is 13.9. The highest BCUT2D eigenvalue weighted by atomic mass is 16.3. The summed E-state index contributed by atoms with van der Waals surface area (Å²) in [5, 5.41) is 3.78. The maximum atomic E-state index is 12.3. The van der Waals surface area contributed by atoms with Gasteiger partial charge in [-0.05, 0) is 44.9 Å². The van der Waals surface area contributed by atoms with Crippen molar-refractivity contribution in [3.8, 4) is 0 Å². The molecule has 2 aromatic heterocycles. The van der Waals surface area contributed by atoms with E-state index in [2.05, 4.69) is 15.3 Å². The molecule has 0 spiro atoms. The van der Waals surface area contributed by atoms with Crippen molar-refractivity contribution in [2.75, 3.05) is 5.32 Å². The lowest BCUT2D eigenvalue weighted by Crippen LogP contribution is -2.16. The zero-order valence-electron chi connectivity index (χ0n) is 11.6. The maximum Gasteiger partial charge on any atom is 0.231 e. The van der Waals surface area contributed by atoms with Crippen LogP contribution < -0.4 is 5.32 Å².